The van der Waals surface area contributed by atoms with Crippen LogP contribution < -0.4 is 0 Å². The molecule has 3 N–H and O–H groups in total. The van der Waals surface area contributed by atoms with E-state index in [-0.39, 0.29) is 18.0 Å². The lowest BCUT2D eigenvalue weighted by atomic mass is 9.73. The van der Waals surface area contributed by atoms with Crippen LogP contribution in [0.4, 0.5) is 4.39 Å². The quantitative estimate of drug-likeness (QED) is 0.119. The number of nitrogens with zero attached hydrogens (tertiary/aromatic N) is 2. The molecule has 3 aromatic heterocycles. The van der Waals surface area contributed by atoms with E-state index < -0.39 is 29.9 Å². The normalized spacial score (nSPS) is 17.6. The molecule has 0 radical (unpaired) electrons. The lowest BCUT2D eigenvalue weighted by molar-refractivity contribution is -0.0928. The molecule has 2 aliphatic heterocycles. The highest BCUT2D eigenvalue weighted by Crippen LogP contribution is 2.44. The minimum atomic E-state index is -1.67. The van der Waals surface area contributed by atoms with Crippen molar-refractivity contribution in [2.75, 3.05) is 6.58 Å². The van der Waals surface area contributed by atoms with E-state index in [9.17, 15) is 15.7 Å². The fourth-order valence-electron chi connectivity index (χ4n) is 10.0. The monoisotopic (exact) mass is 894 g/mol. The van der Waals surface area contributed by atoms with Crippen molar-refractivity contribution in [2.24, 2.45) is 5.92 Å². The number of hydrogen-bond donors (Lipinski definition) is 3. The number of hydrogen-bond acceptors (Lipinski definition) is 5. The van der Waals surface area contributed by atoms with Gasteiger partial charge in [-0.3, -0.25) is 0 Å². The van der Waals surface area contributed by atoms with Gasteiger partial charge in [-0.1, -0.05) is 134 Å². The Morgan fingerprint density at radius 3 is 1.62 bits per heavy atom. The van der Waals surface area contributed by atoms with Gasteiger partial charge in [-0.05, 0) is 126 Å². The molecular weight excluding hydrogens is 844 g/mol. The summed E-state index contributed by atoms with van der Waals surface area (Å²) in [5, 5.41) is 12.4. The van der Waals surface area contributed by atoms with E-state index >= 15 is 0 Å². The lowest BCUT2D eigenvalue weighted by Gasteiger charge is -2.39. The van der Waals surface area contributed by atoms with Gasteiger partial charge < -0.3 is 19.8 Å². The van der Waals surface area contributed by atoms with E-state index in [0.717, 1.165) is 84.4 Å². The second kappa shape index (κ2) is 18.4. The van der Waals surface area contributed by atoms with Gasteiger partial charge >= 0.3 is 5.97 Å². The first-order chi connectivity index (χ1) is 34.2. The topological polar surface area (TPSA) is 104 Å². The number of carbonyl (C=O) groups excluding carboxylic acids is 1. The number of rotatable bonds is 10. The van der Waals surface area contributed by atoms with Gasteiger partial charge in [0.25, 0.3) is 0 Å². The number of esters is 1. The summed E-state index contributed by atoms with van der Waals surface area (Å²) in [5.41, 5.74) is 12.3. The van der Waals surface area contributed by atoms with Crippen LogP contribution in [0.3, 0.4) is 0 Å². The van der Waals surface area contributed by atoms with Crippen LogP contribution in [0.2, 0.25) is 0 Å². The third-order valence-electron chi connectivity index (χ3n) is 13.4. The highest BCUT2D eigenvalue weighted by Gasteiger charge is 2.40. The first kappa shape index (κ1) is 40.3. The van der Waals surface area contributed by atoms with Gasteiger partial charge in [-0.25, -0.2) is 19.2 Å². The Morgan fingerprint density at radius 2 is 1.10 bits per heavy atom. The Hall–Kier alpha value is -7.94. The van der Waals surface area contributed by atoms with Crippen molar-refractivity contribution in [1.29, 1.82) is 0 Å². The zero-order valence-corrected chi connectivity index (χ0v) is 37.3. The number of aromatic amines is 2. The van der Waals surface area contributed by atoms with Gasteiger partial charge in [-0.2, -0.15) is 0 Å². The molecule has 1 aliphatic carbocycles. The fraction of sp³-hybridized carbons (Fsp3) is 0.150. The summed E-state index contributed by atoms with van der Waals surface area (Å²) in [6, 6.07) is 54.2. The smallest absolute Gasteiger partial charge is 0.338 e. The Kier molecular flexibility index (Phi) is 10.9. The van der Waals surface area contributed by atoms with E-state index in [2.05, 4.69) is 82.8 Å². The number of carbonyl (C=O) groups is 1. The van der Waals surface area contributed by atoms with E-state index in [1.165, 1.54) is 24.3 Å². The maximum atomic E-state index is 13.7. The van der Waals surface area contributed by atoms with Crippen molar-refractivity contribution in [1.82, 2.24) is 19.9 Å². The van der Waals surface area contributed by atoms with Crippen LogP contribution in [-0.2, 0) is 4.74 Å². The molecular formula is C60H49FN4O3. The van der Waals surface area contributed by atoms with Crippen LogP contribution in [0.5, 0.6) is 0 Å². The van der Waals surface area contributed by atoms with Gasteiger partial charge in [0, 0.05) is 44.3 Å². The number of H-pyrrole nitrogens is 2. The molecule has 0 spiro atoms. The van der Waals surface area contributed by atoms with Crippen LogP contribution in [-0.4, -0.2) is 43.2 Å². The van der Waals surface area contributed by atoms with Crippen LogP contribution in [0.1, 0.15) is 74.4 Å². The van der Waals surface area contributed by atoms with Crippen LogP contribution in [0.15, 0.2) is 170 Å². The number of ether oxygens (including phenoxy) is 1. The zero-order valence-electron chi connectivity index (χ0n) is 39.3. The molecule has 3 aliphatic rings. The maximum absolute atomic E-state index is 13.7. The number of nitrogens with one attached hydrogen (secondary N) is 2. The highest BCUT2D eigenvalue weighted by molar-refractivity contribution is 6.02. The maximum Gasteiger partial charge on any atom is 0.338 e. The molecule has 1 saturated carbocycles. The number of aromatic nitrogens is 4. The molecule has 7 nitrogen and oxygen atoms in total. The summed E-state index contributed by atoms with van der Waals surface area (Å²) < 4.78 is 38.8. The molecule has 3 atom stereocenters. The number of fused-ring (bicyclic) bond motifs is 8. The van der Waals surface area contributed by atoms with Crippen LogP contribution in [0.25, 0.3) is 90.4 Å². The minimum absolute atomic E-state index is 0.101. The Bertz CT molecular complexity index is 3480. The summed E-state index contributed by atoms with van der Waals surface area (Å²) in [4.78, 5) is 31.8. The third-order valence-corrected chi connectivity index (χ3v) is 13.4. The predicted octanol–water partition coefficient (Wildman–Crippen LogP) is 14.4. The first-order valence-electron chi connectivity index (χ1n) is 24.3. The van der Waals surface area contributed by atoms with Gasteiger partial charge in [0.05, 0.1) is 31.1 Å². The summed E-state index contributed by atoms with van der Waals surface area (Å²) in [6.07, 6.45) is 7.24. The van der Waals surface area contributed by atoms with E-state index in [0.29, 0.717) is 42.6 Å². The van der Waals surface area contributed by atoms with E-state index in [1.807, 2.05) is 84.9 Å². The predicted molar refractivity (Wildman–Crippen MR) is 272 cm³/mol. The molecule has 5 aromatic carbocycles. The number of allylic oxidation sites excluding steroid dienone is 1. The Labute approximate surface area is 397 Å². The number of benzene rings is 5. The molecule has 68 heavy (non-hydrogen) atoms. The zero-order chi connectivity index (χ0) is 47.8. The van der Waals surface area contributed by atoms with Crippen LogP contribution in [0, 0.1) is 11.7 Å². The van der Waals surface area contributed by atoms with E-state index in [4.69, 9.17) is 16.1 Å². The van der Waals surface area contributed by atoms with Crippen molar-refractivity contribution in [3.8, 4) is 44.5 Å². The molecule has 8 aromatic rings. The highest BCUT2D eigenvalue weighted by atomic mass is 19.1. The minimum Gasteiger partial charge on any atom is -0.459 e. The number of halogens is 1. The molecule has 8 heteroatoms. The van der Waals surface area contributed by atoms with Crippen molar-refractivity contribution in [2.45, 2.75) is 44.1 Å². The molecule has 0 saturated heterocycles. The molecule has 11 rings (SSSR count). The van der Waals surface area contributed by atoms with E-state index in [1.54, 1.807) is 0 Å². The van der Waals surface area contributed by atoms with Crippen LogP contribution >= 0.6 is 0 Å². The van der Waals surface area contributed by atoms with Crippen molar-refractivity contribution in [3.63, 3.8) is 0 Å². The molecule has 8 bridgehead atoms. The van der Waals surface area contributed by atoms with Gasteiger partial charge in [-0.15, -0.1) is 0 Å². The standard InChI is InChI=1S/C60H49FN4O3/c61-46-28-25-43(26-29-46)59(66)68-38-60(67)36-14-13-23-45(60)27-24-44-37-53-56(41-19-9-3-10-20-41)51-33-32-49(63-51)54(39-15-5-1-6-16-39)47-30-31-48(62-47)55(40-17-7-2-8-18-40)50-34-35-52(64-50)57(58(44)65-53)42-21-11-4-12-22-42/h1-12,15-22,25-26,28-35,37,45,63-64,67H,13-14,23-24,27,36,38H2/t45-,60-/m1/s1/i37D,38D/t38?,45-,60-. The fourth-order valence-corrected chi connectivity index (χ4v) is 10.0. The number of aliphatic hydroxyl groups is 1. The summed E-state index contributed by atoms with van der Waals surface area (Å²) >= 11 is 0. The second-order valence-corrected chi connectivity index (χ2v) is 17.7. The Morgan fingerprint density at radius 1 is 0.632 bits per heavy atom. The molecule has 334 valence electrons. The molecule has 0 amide bonds. The SMILES string of the molecule is [2H]C1=C(CC[C@H]2CCCC[C@@]2(O)C([2H])OC(=O)c2ccc(F)cc2)c2nc1c(-c1ccccc1)c1ccc([nH]1)c(-c1ccccc1)c1nc(c(-c3ccccc3)c3ccc([nH]3)c2-c2ccccc2)C=C1. The third kappa shape index (κ3) is 8.39. The second-order valence-electron chi connectivity index (χ2n) is 17.7. The van der Waals surface area contributed by atoms with Crippen molar-refractivity contribution < 1.29 is 21.8 Å². The average Bonchev–Trinajstić information content (AvgIpc) is 4.23. The molecule has 1 unspecified atom stereocenters. The summed E-state index contributed by atoms with van der Waals surface area (Å²) in [5.74, 6) is -1.74. The first-order valence-corrected chi connectivity index (χ1v) is 23.2. The summed E-state index contributed by atoms with van der Waals surface area (Å²) in [7, 11) is 0. The summed E-state index contributed by atoms with van der Waals surface area (Å²) in [6.45, 7) is -1.59. The average molecular weight is 895 g/mol. The van der Waals surface area contributed by atoms with Gasteiger partial charge in [0.15, 0.2) is 0 Å². The van der Waals surface area contributed by atoms with Gasteiger partial charge in [0.2, 0.25) is 0 Å². The molecule has 1 fully saturated rings. The Balaban J connectivity index is 1.16. The van der Waals surface area contributed by atoms with Crippen molar-refractivity contribution >= 4 is 51.8 Å². The lowest BCUT2D eigenvalue weighted by Crippen LogP contribution is -2.45. The van der Waals surface area contributed by atoms with Gasteiger partial charge in [0.1, 0.15) is 18.0 Å². The largest absolute Gasteiger partial charge is 0.459 e. The molecule has 5 heterocycles. The van der Waals surface area contributed by atoms with Crippen molar-refractivity contribution in [3.05, 3.63) is 204 Å².